The number of amides is 3. The molecule has 5 heterocycles. The van der Waals surface area contributed by atoms with Gasteiger partial charge in [0, 0.05) is 49.1 Å². The minimum Gasteiger partial charge on any atom is -0.440 e. The number of carbonyl (C=O) groups excluding carboxylic acids is 3. The second-order valence-corrected chi connectivity index (χ2v) is 12.5. The first-order valence-electron chi connectivity index (χ1n) is 15.3. The number of imide groups is 1. The molecule has 1 unspecified atom stereocenters. The third-order valence-electron chi connectivity index (χ3n) is 8.57. The molecule has 1 atom stereocenters. The Balaban J connectivity index is 1.13. The number of benzene rings is 1. The van der Waals surface area contributed by atoms with Crippen LogP contribution in [-0.2, 0) is 27.9 Å². The summed E-state index contributed by atoms with van der Waals surface area (Å²) in [6.07, 6.45) is 2.00. The fraction of sp³-hybridized carbons (Fsp3) is 0.394. The number of alkyl halides is 3. The normalized spacial score (nSPS) is 18.4. The molecule has 11 nitrogen and oxygen atoms in total. The fourth-order valence-electron chi connectivity index (χ4n) is 6.06. The molecule has 1 aromatic carbocycles. The zero-order valence-corrected chi connectivity index (χ0v) is 25.7. The number of nitrogens with one attached hydrogen (secondary N) is 2. The number of carbonyl (C=O) groups is 3. The van der Waals surface area contributed by atoms with Gasteiger partial charge in [0.05, 0.1) is 22.8 Å². The van der Waals surface area contributed by atoms with Crippen LogP contribution >= 0.6 is 0 Å². The molecule has 0 radical (unpaired) electrons. The molecule has 0 aliphatic carbocycles. The number of hydrogen-bond acceptors (Lipinski definition) is 9. The Morgan fingerprint density at radius 2 is 1.85 bits per heavy atom. The molecule has 14 heteroatoms. The molecule has 2 aliphatic rings. The maximum Gasteiger partial charge on any atom is 0.433 e. The summed E-state index contributed by atoms with van der Waals surface area (Å²) in [7, 11) is 0. The van der Waals surface area contributed by atoms with Crippen LogP contribution in [0.3, 0.4) is 0 Å². The highest BCUT2D eigenvalue weighted by atomic mass is 19.4. The predicted octanol–water partition coefficient (Wildman–Crippen LogP) is 5.02. The maximum atomic E-state index is 12.9. The molecule has 4 aromatic rings. The SMILES string of the molecule is CC(C)(O)c1cc2nc(C3CCN(Cc4cncc(C5CCC(=O)NC5=O)c4)CC3)oc2cc1NC(=O)c1ccc(C(F)(F)F)nc1. The quantitative estimate of drug-likeness (QED) is 0.235. The molecule has 2 aliphatic heterocycles. The van der Waals surface area contributed by atoms with Crippen molar-refractivity contribution in [3.63, 3.8) is 0 Å². The average Bonchev–Trinajstić information content (AvgIpc) is 3.43. The van der Waals surface area contributed by atoms with Crippen LogP contribution in [0.4, 0.5) is 18.9 Å². The largest absolute Gasteiger partial charge is 0.440 e. The number of anilines is 1. The van der Waals surface area contributed by atoms with Crippen LogP contribution in [0.5, 0.6) is 0 Å². The van der Waals surface area contributed by atoms with Gasteiger partial charge in [-0.25, -0.2) is 4.98 Å². The summed E-state index contributed by atoms with van der Waals surface area (Å²) in [5.41, 5.74) is 0.703. The first-order chi connectivity index (χ1) is 22.2. The molecule has 0 bridgehead atoms. The van der Waals surface area contributed by atoms with Crippen molar-refractivity contribution in [3.05, 3.63) is 82.8 Å². The number of fused-ring (bicyclic) bond motifs is 1. The van der Waals surface area contributed by atoms with Crippen LogP contribution in [-0.4, -0.2) is 55.8 Å². The van der Waals surface area contributed by atoms with Crippen molar-refractivity contribution in [1.82, 2.24) is 25.2 Å². The van der Waals surface area contributed by atoms with E-state index >= 15 is 0 Å². The number of hydrogen-bond donors (Lipinski definition) is 3. The van der Waals surface area contributed by atoms with Crippen molar-refractivity contribution >= 4 is 34.5 Å². The van der Waals surface area contributed by atoms with Crippen molar-refractivity contribution in [2.24, 2.45) is 0 Å². The van der Waals surface area contributed by atoms with Crippen LogP contribution in [0.15, 0.2) is 53.3 Å². The van der Waals surface area contributed by atoms with E-state index in [0.29, 0.717) is 41.9 Å². The number of rotatable bonds is 7. The first kappa shape index (κ1) is 32.3. The molecule has 3 amide bonds. The molecular formula is C33H33F3N6O5. The van der Waals surface area contributed by atoms with E-state index in [9.17, 15) is 32.7 Å². The van der Waals surface area contributed by atoms with Gasteiger partial charge in [0.25, 0.3) is 5.91 Å². The number of aromatic nitrogens is 3. The van der Waals surface area contributed by atoms with Crippen LogP contribution in [0, 0.1) is 0 Å². The Hall–Kier alpha value is -4.69. The summed E-state index contributed by atoms with van der Waals surface area (Å²) in [4.78, 5) is 51.5. The molecule has 47 heavy (non-hydrogen) atoms. The van der Waals surface area contributed by atoms with Gasteiger partial charge in [0.15, 0.2) is 11.5 Å². The number of piperidine rings is 2. The highest BCUT2D eigenvalue weighted by Gasteiger charge is 2.33. The van der Waals surface area contributed by atoms with Gasteiger partial charge in [-0.3, -0.25) is 34.6 Å². The first-order valence-corrected chi connectivity index (χ1v) is 15.3. The van der Waals surface area contributed by atoms with E-state index in [1.165, 1.54) is 0 Å². The molecule has 3 N–H and O–H groups in total. The van der Waals surface area contributed by atoms with Crippen LogP contribution in [0.25, 0.3) is 11.1 Å². The third kappa shape index (κ3) is 7.18. The van der Waals surface area contributed by atoms with E-state index in [4.69, 9.17) is 9.40 Å². The minimum absolute atomic E-state index is 0.0356. The lowest BCUT2D eigenvalue weighted by molar-refractivity contribution is -0.141. The van der Waals surface area contributed by atoms with Gasteiger partial charge in [0.2, 0.25) is 11.8 Å². The van der Waals surface area contributed by atoms with Crippen molar-refractivity contribution in [2.75, 3.05) is 18.4 Å². The molecule has 3 aromatic heterocycles. The van der Waals surface area contributed by atoms with E-state index < -0.39 is 29.3 Å². The molecule has 246 valence electrons. The lowest BCUT2D eigenvalue weighted by Gasteiger charge is -2.30. The Kier molecular flexibility index (Phi) is 8.57. The van der Waals surface area contributed by atoms with Crippen LogP contribution in [0.2, 0.25) is 0 Å². The minimum atomic E-state index is -4.63. The van der Waals surface area contributed by atoms with Gasteiger partial charge in [-0.1, -0.05) is 6.07 Å². The summed E-state index contributed by atoms with van der Waals surface area (Å²) in [5.74, 6) is -1.05. The second kappa shape index (κ2) is 12.5. The van der Waals surface area contributed by atoms with Gasteiger partial charge in [0.1, 0.15) is 11.2 Å². The number of nitrogens with zero attached hydrogens (tertiary/aromatic N) is 4. The van der Waals surface area contributed by atoms with E-state index in [-0.39, 0.29) is 29.0 Å². The van der Waals surface area contributed by atoms with Gasteiger partial charge < -0.3 is 14.8 Å². The number of aliphatic hydroxyl groups is 1. The Morgan fingerprint density at radius 3 is 2.51 bits per heavy atom. The molecular weight excluding hydrogens is 617 g/mol. The van der Waals surface area contributed by atoms with Gasteiger partial charge in [-0.15, -0.1) is 0 Å². The number of likely N-dealkylation sites (tertiary alicyclic amines) is 1. The number of pyridine rings is 2. The lowest BCUT2D eigenvalue weighted by Crippen LogP contribution is -2.39. The zero-order chi connectivity index (χ0) is 33.5. The van der Waals surface area contributed by atoms with E-state index in [1.807, 2.05) is 6.07 Å². The Morgan fingerprint density at radius 1 is 1.09 bits per heavy atom. The van der Waals surface area contributed by atoms with Gasteiger partial charge in [-0.05, 0) is 75.5 Å². The van der Waals surface area contributed by atoms with Gasteiger partial charge in [-0.2, -0.15) is 13.2 Å². The topological polar surface area (TPSA) is 151 Å². The highest BCUT2D eigenvalue weighted by Crippen LogP contribution is 2.36. The van der Waals surface area contributed by atoms with E-state index in [1.54, 1.807) is 38.4 Å². The third-order valence-corrected chi connectivity index (χ3v) is 8.57. The molecule has 2 fully saturated rings. The lowest BCUT2D eigenvalue weighted by atomic mass is 9.91. The van der Waals surface area contributed by atoms with Crippen molar-refractivity contribution in [3.8, 4) is 0 Å². The van der Waals surface area contributed by atoms with Crippen LogP contribution in [0.1, 0.15) is 90.0 Å². The van der Waals surface area contributed by atoms with Crippen molar-refractivity contribution in [2.45, 2.75) is 69.7 Å². The molecule has 6 rings (SSSR count). The Labute approximate surface area is 267 Å². The number of oxazole rings is 1. The fourth-order valence-corrected chi connectivity index (χ4v) is 6.06. The van der Waals surface area contributed by atoms with Crippen LogP contribution < -0.4 is 10.6 Å². The van der Waals surface area contributed by atoms with E-state index in [0.717, 1.165) is 55.4 Å². The maximum absolute atomic E-state index is 12.9. The smallest absolute Gasteiger partial charge is 0.433 e. The summed E-state index contributed by atoms with van der Waals surface area (Å²) in [6, 6.07) is 6.95. The predicted molar refractivity (Wildman–Crippen MR) is 163 cm³/mol. The summed E-state index contributed by atoms with van der Waals surface area (Å²) < 4.78 is 44.9. The Bertz CT molecular complexity index is 1830. The number of halogens is 3. The highest BCUT2D eigenvalue weighted by molar-refractivity contribution is 6.05. The molecule has 2 saturated heterocycles. The zero-order valence-electron chi connectivity index (χ0n) is 25.7. The summed E-state index contributed by atoms with van der Waals surface area (Å²) in [5, 5.41) is 15.9. The summed E-state index contributed by atoms with van der Waals surface area (Å²) in [6.45, 7) is 5.29. The monoisotopic (exact) mass is 650 g/mol. The average molecular weight is 651 g/mol. The summed E-state index contributed by atoms with van der Waals surface area (Å²) >= 11 is 0. The molecule has 0 spiro atoms. The van der Waals surface area contributed by atoms with Gasteiger partial charge >= 0.3 is 6.18 Å². The molecule has 0 saturated carbocycles. The second-order valence-electron chi connectivity index (χ2n) is 12.5. The van der Waals surface area contributed by atoms with E-state index in [2.05, 4.69) is 25.5 Å². The van der Waals surface area contributed by atoms with Crippen molar-refractivity contribution < 1.29 is 37.1 Å². The standard InChI is InChI=1S/C33H33F3N6O5/c1-32(2,46)23-12-25-26(13-24(23)39-29(44)20-3-5-27(38-16-20)33(34,35)36)47-31(40-25)19-7-9-42(10-8-19)17-18-11-21(15-37-14-18)22-4-6-28(43)41-30(22)45/h3,5,11-16,19,22,46H,4,6-10,17H2,1-2H3,(H,39,44)(H,41,43,45). The van der Waals surface area contributed by atoms with Crippen molar-refractivity contribution in [1.29, 1.82) is 0 Å².